The lowest BCUT2D eigenvalue weighted by molar-refractivity contribution is 0.0650. The number of hydrogen-bond donors (Lipinski definition) is 0. The highest BCUT2D eigenvalue weighted by Gasteiger charge is 2.27. The molecule has 1 fully saturated rings. The van der Waals surface area contributed by atoms with Crippen LogP contribution in [0, 0.1) is 6.92 Å². The second kappa shape index (κ2) is 5.53. The molecule has 118 valence electrons. The van der Waals surface area contributed by atoms with Crippen molar-refractivity contribution in [2.24, 2.45) is 0 Å². The number of furan rings is 1. The van der Waals surface area contributed by atoms with Gasteiger partial charge in [-0.05, 0) is 31.9 Å². The third-order valence-electron chi connectivity index (χ3n) is 4.35. The minimum Gasteiger partial charge on any atom is -0.449 e. The lowest BCUT2D eigenvalue weighted by Crippen LogP contribution is -2.40. The normalized spacial score (nSPS) is 18.5. The van der Waals surface area contributed by atoms with Gasteiger partial charge < -0.3 is 13.9 Å². The van der Waals surface area contributed by atoms with Crippen molar-refractivity contribution in [3.05, 3.63) is 48.4 Å². The Hall–Kier alpha value is -2.63. The van der Waals surface area contributed by atoms with Crippen LogP contribution >= 0.6 is 0 Å². The standard InChI is InChI=1S/C17H18N4O2/c1-12-4-5-15-14(19-12)9-16(23-15)17(22)20-7-2-3-13(10-20)21-8-6-18-11-21/h4-6,8-9,11,13H,2-3,7,10H2,1H3/t13-/m1/s1. The molecule has 0 aromatic carbocycles. The maximum Gasteiger partial charge on any atom is 0.289 e. The predicted molar refractivity (Wildman–Crippen MR) is 85.1 cm³/mol. The third-order valence-corrected chi connectivity index (χ3v) is 4.35. The molecule has 0 bridgehead atoms. The van der Waals surface area contributed by atoms with E-state index >= 15 is 0 Å². The SMILES string of the molecule is Cc1ccc2oc(C(=O)N3CCC[C@@H](n4ccnc4)C3)cc2n1. The molecular formula is C17H18N4O2. The Morgan fingerprint density at radius 1 is 1.39 bits per heavy atom. The van der Waals surface area contributed by atoms with Crippen LogP contribution in [0.5, 0.6) is 0 Å². The van der Waals surface area contributed by atoms with E-state index in [0.29, 0.717) is 17.9 Å². The summed E-state index contributed by atoms with van der Waals surface area (Å²) in [6, 6.07) is 5.76. The van der Waals surface area contributed by atoms with E-state index in [2.05, 4.69) is 14.5 Å². The van der Waals surface area contributed by atoms with Crippen molar-refractivity contribution < 1.29 is 9.21 Å². The van der Waals surface area contributed by atoms with Crippen LogP contribution in [-0.2, 0) is 0 Å². The van der Waals surface area contributed by atoms with Gasteiger partial charge in [-0.15, -0.1) is 0 Å². The highest BCUT2D eigenvalue weighted by atomic mass is 16.3. The Balaban J connectivity index is 1.57. The van der Waals surface area contributed by atoms with Gasteiger partial charge in [-0.2, -0.15) is 0 Å². The number of imidazole rings is 1. The van der Waals surface area contributed by atoms with Crippen LogP contribution in [-0.4, -0.2) is 38.4 Å². The zero-order valence-electron chi connectivity index (χ0n) is 13.0. The van der Waals surface area contributed by atoms with Crippen LogP contribution in [0.2, 0.25) is 0 Å². The number of carbonyl (C=O) groups is 1. The van der Waals surface area contributed by atoms with E-state index in [-0.39, 0.29) is 11.9 Å². The van der Waals surface area contributed by atoms with Crippen molar-refractivity contribution in [3.8, 4) is 0 Å². The van der Waals surface area contributed by atoms with Gasteiger partial charge in [-0.25, -0.2) is 9.97 Å². The molecule has 0 unspecified atom stereocenters. The van der Waals surface area contributed by atoms with Crippen LogP contribution in [0.3, 0.4) is 0 Å². The minimum atomic E-state index is -0.0644. The van der Waals surface area contributed by atoms with E-state index in [9.17, 15) is 4.79 Å². The van der Waals surface area contributed by atoms with Gasteiger partial charge in [0, 0.05) is 37.2 Å². The molecule has 0 saturated carbocycles. The average Bonchev–Trinajstić information content (AvgIpc) is 3.23. The van der Waals surface area contributed by atoms with Crippen molar-refractivity contribution in [3.63, 3.8) is 0 Å². The average molecular weight is 310 g/mol. The Kier molecular flexibility index (Phi) is 3.37. The fourth-order valence-corrected chi connectivity index (χ4v) is 3.16. The molecule has 0 radical (unpaired) electrons. The van der Waals surface area contributed by atoms with E-state index in [1.54, 1.807) is 12.3 Å². The Labute approximate surface area is 133 Å². The van der Waals surface area contributed by atoms with Crippen molar-refractivity contribution >= 4 is 17.0 Å². The zero-order chi connectivity index (χ0) is 15.8. The van der Waals surface area contributed by atoms with Gasteiger partial charge in [0.05, 0.1) is 12.4 Å². The summed E-state index contributed by atoms with van der Waals surface area (Å²) in [5.41, 5.74) is 2.30. The molecule has 3 aromatic rings. The highest BCUT2D eigenvalue weighted by molar-refractivity contribution is 5.95. The molecule has 23 heavy (non-hydrogen) atoms. The Morgan fingerprint density at radius 3 is 3.13 bits per heavy atom. The molecule has 1 saturated heterocycles. The maximum absolute atomic E-state index is 12.7. The molecule has 6 heteroatoms. The topological polar surface area (TPSA) is 64.2 Å². The Bertz CT molecular complexity index is 838. The van der Waals surface area contributed by atoms with Gasteiger partial charge in [0.2, 0.25) is 0 Å². The molecule has 6 nitrogen and oxygen atoms in total. The molecule has 3 aromatic heterocycles. The number of amides is 1. The van der Waals surface area contributed by atoms with Gasteiger partial charge in [0.25, 0.3) is 5.91 Å². The lowest BCUT2D eigenvalue weighted by Gasteiger charge is -2.32. The number of carbonyl (C=O) groups excluding carboxylic acids is 1. The number of piperidine rings is 1. The maximum atomic E-state index is 12.7. The monoisotopic (exact) mass is 310 g/mol. The summed E-state index contributed by atoms with van der Waals surface area (Å²) in [5.74, 6) is 0.301. The van der Waals surface area contributed by atoms with Crippen LogP contribution in [0.25, 0.3) is 11.1 Å². The van der Waals surface area contributed by atoms with E-state index in [4.69, 9.17) is 4.42 Å². The van der Waals surface area contributed by atoms with E-state index < -0.39 is 0 Å². The lowest BCUT2D eigenvalue weighted by atomic mass is 10.1. The molecule has 1 aliphatic heterocycles. The third kappa shape index (κ3) is 2.60. The first-order valence-corrected chi connectivity index (χ1v) is 7.84. The first-order valence-electron chi connectivity index (χ1n) is 7.84. The summed E-state index contributed by atoms with van der Waals surface area (Å²) in [4.78, 5) is 23.1. The first-order chi connectivity index (χ1) is 11.2. The zero-order valence-corrected chi connectivity index (χ0v) is 13.0. The molecule has 1 amide bonds. The minimum absolute atomic E-state index is 0.0644. The summed E-state index contributed by atoms with van der Waals surface area (Å²) < 4.78 is 7.76. The Morgan fingerprint density at radius 2 is 2.30 bits per heavy atom. The number of fused-ring (bicyclic) bond motifs is 1. The van der Waals surface area contributed by atoms with E-state index in [0.717, 1.165) is 30.6 Å². The molecule has 1 aliphatic rings. The van der Waals surface area contributed by atoms with Crippen LogP contribution < -0.4 is 0 Å². The first kappa shape index (κ1) is 14.0. The summed E-state index contributed by atoms with van der Waals surface area (Å²) in [7, 11) is 0. The number of aromatic nitrogens is 3. The second-order valence-electron chi connectivity index (χ2n) is 6.00. The van der Waals surface area contributed by atoms with E-state index in [1.165, 1.54) is 0 Å². The molecule has 0 spiro atoms. The smallest absolute Gasteiger partial charge is 0.289 e. The molecule has 1 atom stereocenters. The molecule has 4 heterocycles. The van der Waals surface area contributed by atoms with Gasteiger partial charge in [0.1, 0.15) is 5.52 Å². The number of nitrogens with zero attached hydrogens (tertiary/aromatic N) is 4. The molecule has 0 N–H and O–H groups in total. The van der Waals surface area contributed by atoms with Crippen LogP contribution in [0.15, 0.2) is 41.3 Å². The number of aryl methyl sites for hydroxylation is 1. The highest BCUT2D eigenvalue weighted by Crippen LogP contribution is 2.24. The van der Waals surface area contributed by atoms with Crippen molar-refractivity contribution in [1.29, 1.82) is 0 Å². The van der Waals surface area contributed by atoms with E-state index in [1.807, 2.05) is 36.5 Å². The number of pyridine rings is 1. The van der Waals surface area contributed by atoms with Crippen molar-refractivity contribution in [1.82, 2.24) is 19.4 Å². The molecular weight excluding hydrogens is 292 g/mol. The number of hydrogen-bond acceptors (Lipinski definition) is 4. The van der Waals surface area contributed by atoms with Crippen LogP contribution in [0.1, 0.15) is 35.1 Å². The van der Waals surface area contributed by atoms with Gasteiger partial charge in [0.15, 0.2) is 11.3 Å². The molecule has 4 rings (SSSR count). The van der Waals surface area contributed by atoms with Gasteiger partial charge >= 0.3 is 0 Å². The second-order valence-corrected chi connectivity index (χ2v) is 6.00. The molecule has 0 aliphatic carbocycles. The number of likely N-dealkylation sites (tertiary alicyclic amines) is 1. The van der Waals surface area contributed by atoms with Crippen molar-refractivity contribution in [2.45, 2.75) is 25.8 Å². The summed E-state index contributed by atoms with van der Waals surface area (Å²) in [5, 5.41) is 0. The summed E-state index contributed by atoms with van der Waals surface area (Å²) >= 11 is 0. The summed E-state index contributed by atoms with van der Waals surface area (Å²) in [6.07, 6.45) is 7.57. The predicted octanol–water partition coefficient (Wildman–Crippen LogP) is 2.81. The largest absolute Gasteiger partial charge is 0.449 e. The quantitative estimate of drug-likeness (QED) is 0.730. The van der Waals surface area contributed by atoms with Gasteiger partial charge in [-0.1, -0.05) is 0 Å². The summed E-state index contributed by atoms with van der Waals surface area (Å²) in [6.45, 7) is 3.36. The van der Waals surface area contributed by atoms with Gasteiger partial charge in [-0.3, -0.25) is 4.79 Å². The van der Waals surface area contributed by atoms with Crippen LogP contribution in [0.4, 0.5) is 0 Å². The fourth-order valence-electron chi connectivity index (χ4n) is 3.16. The fraction of sp³-hybridized carbons (Fsp3) is 0.353. The van der Waals surface area contributed by atoms with Crippen molar-refractivity contribution in [2.75, 3.05) is 13.1 Å². The number of rotatable bonds is 2.